The summed E-state index contributed by atoms with van der Waals surface area (Å²) in [5.74, 6) is -0.253. The Kier molecular flexibility index (Phi) is 4.58. The molecule has 3 rings (SSSR count). The summed E-state index contributed by atoms with van der Waals surface area (Å²) in [7, 11) is 0. The summed E-state index contributed by atoms with van der Waals surface area (Å²) in [6.45, 7) is 6.01. The molecule has 0 aromatic heterocycles. The van der Waals surface area contributed by atoms with Crippen LogP contribution in [0.3, 0.4) is 0 Å². The molecule has 1 aliphatic rings. The number of nitrogens with zero attached hydrogens (tertiary/aromatic N) is 1. The van der Waals surface area contributed by atoms with E-state index in [-0.39, 0.29) is 11.1 Å². The van der Waals surface area contributed by atoms with E-state index in [0.29, 0.717) is 10.6 Å². The lowest BCUT2D eigenvalue weighted by Crippen LogP contribution is -2.28. The van der Waals surface area contributed by atoms with Gasteiger partial charge in [0.05, 0.1) is 10.6 Å². The van der Waals surface area contributed by atoms with E-state index in [9.17, 15) is 9.59 Å². The number of aryl methyl sites for hydroxylation is 3. The fraction of sp³-hybridized carbons (Fsp3) is 0.200. The molecule has 2 aromatic rings. The largest absolute Gasteiger partial charge is 0.298 e. The van der Waals surface area contributed by atoms with E-state index in [4.69, 9.17) is 0 Å². The topological polar surface area (TPSA) is 37.4 Å². The van der Waals surface area contributed by atoms with Crippen LogP contribution < -0.4 is 4.90 Å². The molecule has 0 N–H and O–H groups in total. The summed E-state index contributed by atoms with van der Waals surface area (Å²) in [5, 5.41) is -0.247. The smallest absolute Gasteiger partial charge is 0.268 e. The zero-order valence-electron chi connectivity index (χ0n) is 14.0. The van der Waals surface area contributed by atoms with E-state index >= 15 is 0 Å². The van der Waals surface area contributed by atoms with Crippen LogP contribution >= 0.6 is 11.8 Å². The van der Waals surface area contributed by atoms with E-state index in [1.807, 2.05) is 56.3 Å². The molecule has 2 amide bonds. The third kappa shape index (κ3) is 3.15. The summed E-state index contributed by atoms with van der Waals surface area (Å²) in [6.07, 6.45) is 2.76. The number of carbonyl (C=O) groups is 2. The van der Waals surface area contributed by atoms with Crippen molar-refractivity contribution in [1.29, 1.82) is 0 Å². The SMILES string of the molecule is CCc1ccc(/C=C2\SC(=O)N(c3ccc(C)cc3C)C2=O)cc1. The minimum absolute atomic E-state index is 0.247. The molecule has 122 valence electrons. The van der Waals surface area contributed by atoms with Crippen LogP contribution in [0.5, 0.6) is 0 Å². The molecule has 24 heavy (non-hydrogen) atoms. The zero-order valence-corrected chi connectivity index (χ0v) is 14.8. The van der Waals surface area contributed by atoms with Gasteiger partial charge in [0.2, 0.25) is 0 Å². The molecular formula is C20H19NO2S. The van der Waals surface area contributed by atoms with Gasteiger partial charge >= 0.3 is 0 Å². The van der Waals surface area contributed by atoms with Crippen LogP contribution in [-0.2, 0) is 11.2 Å². The molecule has 2 aromatic carbocycles. The molecular weight excluding hydrogens is 318 g/mol. The van der Waals surface area contributed by atoms with E-state index in [2.05, 4.69) is 6.92 Å². The number of hydrogen-bond donors (Lipinski definition) is 0. The highest BCUT2D eigenvalue weighted by atomic mass is 32.2. The summed E-state index contributed by atoms with van der Waals surface area (Å²) in [4.78, 5) is 26.8. The van der Waals surface area contributed by atoms with Crippen LogP contribution in [0.2, 0.25) is 0 Å². The minimum atomic E-state index is -0.253. The molecule has 0 radical (unpaired) electrons. The number of thioether (sulfide) groups is 1. The molecule has 0 bridgehead atoms. The predicted octanol–water partition coefficient (Wildman–Crippen LogP) is 5.11. The van der Waals surface area contributed by atoms with Gasteiger partial charge in [0.1, 0.15) is 0 Å². The number of amides is 2. The van der Waals surface area contributed by atoms with Crippen molar-refractivity contribution in [2.75, 3.05) is 4.90 Å². The van der Waals surface area contributed by atoms with Crippen LogP contribution in [-0.4, -0.2) is 11.1 Å². The summed E-state index contributed by atoms with van der Waals surface area (Å²) < 4.78 is 0. The highest BCUT2D eigenvalue weighted by Gasteiger charge is 2.36. The Morgan fingerprint density at radius 3 is 2.38 bits per heavy atom. The normalized spacial score (nSPS) is 16.3. The maximum atomic E-state index is 12.7. The van der Waals surface area contributed by atoms with Gasteiger partial charge in [-0.25, -0.2) is 4.90 Å². The Hall–Kier alpha value is -2.33. The van der Waals surface area contributed by atoms with Crippen LogP contribution in [0.15, 0.2) is 47.4 Å². The highest BCUT2D eigenvalue weighted by Crippen LogP contribution is 2.37. The number of rotatable bonds is 3. The number of hydrogen-bond acceptors (Lipinski definition) is 3. The Morgan fingerprint density at radius 1 is 1.04 bits per heavy atom. The summed E-state index contributed by atoms with van der Waals surface area (Å²) in [6, 6.07) is 13.8. The Morgan fingerprint density at radius 2 is 1.75 bits per heavy atom. The van der Waals surface area contributed by atoms with Gasteiger partial charge in [-0.05, 0) is 60.9 Å². The first-order valence-corrected chi connectivity index (χ1v) is 8.75. The van der Waals surface area contributed by atoms with Crippen molar-refractivity contribution >= 4 is 34.7 Å². The Labute approximate surface area is 146 Å². The second kappa shape index (κ2) is 6.65. The van der Waals surface area contributed by atoms with Crippen molar-refractivity contribution in [3.63, 3.8) is 0 Å². The van der Waals surface area contributed by atoms with Gasteiger partial charge in [0.15, 0.2) is 0 Å². The third-order valence-corrected chi connectivity index (χ3v) is 4.94. The van der Waals surface area contributed by atoms with Crippen molar-refractivity contribution in [2.45, 2.75) is 27.2 Å². The Bertz CT molecular complexity index is 837. The second-order valence-electron chi connectivity index (χ2n) is 5.90. The maximum Gasteiger partial charge on any atom is 0.298 e. The second-order valence-corrected chi connectivity index (χ2v) is 6.90. The fourth-order valence-electron chi connectivity index (χ4n) is 2.73. The van der Waals surface area contributed by atoms with Gasteiger partial charge < -0.3 is 0 Å². The van der Waals surface area contributed by atoms with Gasteiger partial charge in [-0.2, -0.15) is 0 Å². The number of benzene rings is 2. The van der Waals surface area contributed by atoms with E-state index in [1.54, 1.807) is 6.08 Å². The van der Waals surface area contributed by atoms with Crippen LogP contribution in [0.4, 0.5) is 10.5 Å². The van der Waals surface area contributed by atoms with Gasteiger partial charge in [-0.15, -0.1) is 0 Å². The highest BCUT2D eigenvalue weighted by molar-refractivity contribution is 8.19. The number of imide groups is 1. The molecule has 4 heteroatoms. The van der Waals surface area contributed by atoms with Crippen LogP contribution in [0.25, 0.3) is 6.08 Å². The lowest BCUT2D eigenvalue weighted by atomic mass is 10.1. The third-order valence-electron chi connectivity index (χ3n) is 4.07. The van der Waals surface area contributed by atoms with Crippen molar-refractivity contribution in [3.05, 3.63) is 69.6 Å². The molecule has 3 nitrogen and oxygen atoms in total. The minimum Gasteiger partial charge on any atom is -0.268 e. The molecule has 0 saturated carbocycles. The number of carbonyl (C=O) groups excluding carboxylic acids is 2. The summed E-state index contributed by atoms with van der Waals surface area (Å²) >= 11 is 0.993. The monoisotopic (exact) mass is 337 g/mol. The van der Waals surface area contributed by atoms with Crippen molar-refractivity contribution in [2.24, 2.45) is 0 Å². The zero-order chi connectivity index (χ0) is 17.3. The molecule has 1 fully saturated rings. The van der Waals surface area contributed by atoms with Gasteiger partial charge in [-0.1, -0.05) is 48.9 Å². The van der Waals surface area contributed by atoms with Gasteiger partial charge in [0, 0.05) is 0 Å². The molecule has 0 atom stereocenters. The van der Waals surface area contributed by atoms with E-state index in [0.717, 1.165) is 34.9 Å². The first-order chi connectivity index (χ1) is 11.5. The summed E-state index contributed by atoms with van der Waals surface area (Å²) in [5.41, 5.74) is 4.86. The van der Waals surface area contributed by atoms with Crippen molar-refractivity contribution < 1.29 is 9.59 Å². The molecule has 1 heterocycles. The quantitative estimate of drug-likeness (QED) is 0.731. The van der Waals surface area contributed by atoms with E-state index in [1.165, 1.54) is 10.5 Å². The lowest BCUT2D eigenvalue weighted by molar-refractivity contribution is -0.113. The maximum absolute atomic E-state index is 12.7. The molecule has 0 unspecified atom stereocenters. The first-order valence-electron chi connectivity index (χ1n) is 7.93. The van der Waals surface area contributed by atoms with Gasteiger partial charge in [-0.3, -0.25) is 9.59 Å². The van der Waals surface area contributed by atoms with Gasteiger partial charge in [0.25, 0.3) is 11.1 Å². The van der Waals surface area contributed by atoms with Crippen molar-refractivity contribution in [1.82, 2.24) is 0 Å². The molecule has 0 aliphatic carbocycles. The number of anilines is 1. The van der Waals surface area contributed by atoms with Crippen LogP contribution in [0.1, 0.15) is 29.2 Å². The lowest BCUT2D eigenvalue weighted by Gasteiger charge is -2.15. The average molecular weight is 337 g/mol. The fourth-order valence-corrected chi connectivity index (χ4v) is 3.57. The van der Waals surface area contributed by atoms with Crippen LogP contribution in [0, 0.1) is 13.8 Å². The first kappa shape index (κ1) is 16.5. The molecule has 1 saturated heterocycles. The van der Waals surface area contributed by atoms with Crippen molar-refractivity contribution in [3.8, 4) is 0 Å². The predicted molar refractivity (Wildman–Crippen MR) is 100 cm³/mol. The Balaban J connectivity index is 1.92. The average Bonchev–Trinajstić information content (AvgIpc) is 2.83. The standard InChI is InChI=1S/C20H19NO2S/c1-4-15-6-8-16(9-7-15)12-18-19(22)21(20(23)24-18)17-10-5-13(2)11-14(17)3/h5-12H,4H2,1-3H3/b18-12-. The molecule has 1 aliphatic heterocycles. The molecule has 0 spiro atoms. The van der Waals surface area contributed by atoms with E-state index < -0.39 is 0 Å².